The Bertz CT molecular complexity index is 1360. The number of nitrogens with zero attached hydrogens (tertiary/aromatic N) is 2. The zero-order valence-electron chi connectivity index (χ0n) is 26.5. The first kappa shape index (κ1) is 39.5. The topological polar surface area (TPSA) is 145 Å². The fourth-order valence-corrected chi connectivity index (χ4v) is 6.09. The van der Waals surface area contributed by atoms with Crippen molar-refractivity contribution >= 4 is 62.3 Å². The summed E-state index contributed by atoms with van der Waals surface area (Å²) in [5.41, 5.74) is 4.71. The molecule has 0 amide bonds. The number of aromatic hydroxyl groups is 2. The summed E-state index contributed by atoms with van der Waals surface area (Å²) in [6.45, 7) is 19.6. The molecule has 233 valence electrons. The zero-order valence-corrected chi connectivity index (χ0v) is 29.6. The molecule has 0 atom stereocenters. The van der Waals surface area contributed by atoms with E-state index in [1.165, 1.54) is 10.4 Å². The van der Waals surface area contributed by atoms with Crippen molar-refractivity contribution in [3.8, 4) is 11.5 Å². The smallest absolute Gasteiger partial charge is 0.550 e. The maximum absolute atomic E-state index is 10.5. The Hall–Kier alpha value is -3.52. The second-order valence-electron chi connectivity index (χ2n) is 12.0. The van der Waals surface area contributed by atoms with E-state index < -0.39 is 28.1 Å². The third kappa shape index (κ3) is 14.0. The maximum atomic E-state index is 10.5. The van der Waals surface area contributed by atoms with Crippen LogP contribution in [0.1, 0.15) is 36.1 Å². The van der Waals surface area contributed by atoms with Gasteiger partial charge in [-0.05, 0) is 57.0 Å². The van der Waals surface area contributed by atoms with Gasteiger partial charge < -0.3 is 30.0 Å². The van der Waals surface area contributed by atoms with Crippen LogP contribution in [-0.2, 0) is 26.4 Å². The van der Waals surface area contributed by atoms with Crippen LogP contribution in [0.5, 0.6) is 11.5 Å². The SMILES string of the molecule is CC(=O)[O-].CC(=O)[O-].Cc1cc([Si](C)(C)C)cc(C=Nc2cccc(N=Cc3cc([Si](C)(C)C)cc(C)c3O)c2)c1O.[Co+2]. The fourth-order valence-electron chi connectivity index (χ4n) is 3.62. The molecular formula is C32H42CoN2O6Si2. The van der Waals surface area contributed by atoms with E-state index in [0.717, 1.165) is 47.5 Å². The summed E-state index contributed by atoms with van der Waals surface area (Å²) in [6.07, 6.45) is 3.45. The van der Waals surface area contributed by atoms with Crippen molar-refractivity contribution in [1.82, 2.24) is 0 Å². The summed E-state index contributed by atoms with van der Waals surface area (Å²) in [5.74, 6) is -1.62. The maximum Gasteiger partial charge on any atom is 2.00 e. The number of phenols is 2. The Morgan fingerprint density at radius 3 is 1.26 bits per heavy atom. The van der Waals surface area contributed by atoms with Gasteiger partial charge in [-0.15, -0.1) is 0 Å². The summed E-state index contributed by atoms with van der Waals surface area (Å²) in [7, 11) is -3.03. The van der Waals surface area contributed by atoms with E-state index in [-0.39, 0.29) is 28.3 Å². The number of carbonyl (C=O) groups is 2. The third-order valence-corrected chi connectivity index (χ3v) is 9.97. The number of aliphatic imine (C=N–C) groups is 2. The van der Waals surface area contributed by atoms with Crippen molar-refractivity contribution in [1.29, 1.82) is 0 Å². The van der Waals surface area contributed by atoms with Crippen LogP contribution in [0.3, 0.4) is 0 Å². The third-order valence-electron chi connectivity index (χ3n) is 5.93. The van der Waals surface area contributed by atoms with Gasteiger partial charge >= 0.3 is 16.8 Å². The van der Waals surface area contributed by atoms with E-state index in [0.29, 0.717) is 0 Å². The quantitative estimate of drug-likeness (QED) is 0.303. The Labute approximate surface area is 267 Å². The number of hydrogen-bond donors (Lipinski definition) is 2. The number of rotatable bonds is 6. The molecule has 43 heavy (non-hydrogen) atoms. The van der Waals surface area contributed by atoms with E-state index in [1.54, 1.807) is 12.4 Å². The van der Waals surface area contributed by atoms with Gasteiger partial charge in [0.15, 0.2) is 0 Å². The summed E-state index contributed by atoms with van der Waals surface area (Å²) in [6, 6.07) is 15.9. The van der Waals surface area contributed by atoms with Crippen LogP contribution in [0.15, 0.2) is 58.5 Å². The van der Waals surface area contributed by atoms with Crippen LogP contribution >= 0.6 is 0 Å². The van der Waals surface area contributed by atoms with Crippen LogP contribution in [0.25, 0.3) is 0 Å². The summed E-state index contributed by atoms with van der Waals surface area (Å²) in [4.78, 5) is 27.0. The minimum atomic E-state index is -1.51. The van der Waals surface area contributed by atoms with E-state index in [1.807, 2.05) is 38.1 Å². The van der Waals surface area contributed by atoms with Crippen LogP contribution in [0.2, 0.25) is 39.3 Å². The number of carboxylic acid groups (broad SMARTS) is 2. The molecule has 0 heterocycles. The second-order valence-corrected chi connectivity index (χ2v) is 22.1. The normalized spacial score (nSPS) is 11.2. The molecule has 0 unspecified atom stereocenters. The van der Waals surface area contributed by atoms with Gasteiger partial charge in [0.2, 0.25) is 0 Å². The molecule has 0 spiro atoms. The molecule has 0 bridgehead atoms. The molecule has 3 aromatic rings. The standard InChI is InChI=1S/C28H36N2O2Si2.2C2H4O2.Co/c1-19-12-25(33(3,4)5)14-21(27(19)31)17-29-23-10-9-11-24(16-23)30-18-22-15-26(34(6,7)8)13-20(2)28(22)32;2*1-2(3)4;/h9-18,31-32H,1-8H3;2*1H3,(H,3,4);/q;;;+2/p-2. The number of aliphatic carboxylic acids is 2. The van der Waals surface area contributed by atoms with Crippen LogP contribution in [0, 0.1) is 13.8 Å². The molecular weight excluding hydrogens is 623 g/mol. The number of benzene rings is 3. The molecule has 0 aromatic heterocycles. The van der Waals surface area contributed by atoms with Crippen LogP contribution < -0.4 is 20.6 Å². The predicted molar refractivity (Wildman–Crippen MR) is 174 cm³/mol. The predicted octanol–water partition coefficient (Wildman–Crippen LogP) is 3.82. The molecule has 3 aromatic carbocycles. The molecule has 0 saturated carbocycles. The van der Waals surface area contributed by atoms with Gasteiger partial charge in [-0.25, -0.2) is 0 Å². The summed E-state index contributed by atoms with van der Waals surface area (Å²) in [5, 5.41) is 41.4. The minimum Gasteiger partial charge on any atom is -0.550 e. The van der Waals surface area contributed by atoms with Gasteiger partial charge in [0.05, 0.1) is 27.5 Å². The van der Waals surface area contributed by atoms with Crippen LogP contribution in [0.4, 0.5) is 11.4 Å². The number of hydrogen-bond acceptors (Lipinski definition) is 8. The van der Waals surface area contributed by atoms with Crippen molar-refractivity contribution in [3.05, 3.63) is 70.8 Å². The van der Waals surface area contributed by atoms with Gasteiger partial charge in [-0.2, -0.15) is 0 Å². The number of carboxylic acids is 2. The minimum absolute atomic E-state index is 0. The van der Waals surface area contributed by atoms with Crippen LogP contribution in [-0.4, -0.2) is 50.7 Å². The Morgan fingerprint density at radius 2 is 0.977 bits per heavy atom. The average Bonchev–Trinajstić information content (AvgIpc) is 2.84. The first-order valence-corrected chi connectivity index (χ1v) is 20.4. The average molecular weight is 666 g/mol. The monoisotopic (exact) mass is 665 g/mol. The molecule has 1 radical (unpaired) electrons. The molecule has 0 aliphatic heterocycles. The molecule has 0 fully saturated rings. The van der Waals surface area contributed by atoms with Gasteiger partial charge in [-0.3, -0.25) is 9.98 Å². The van der Waals surface area contributed by atoms with E-state index >= 15 is 0 Å². The molecule has 0 saturated heterocycles. The molecule has 0 aliphatic rings. The number of carbonyl (C=O) groups excluding carboxylic acids is 2. The Morgan fingerprint density at radius 1 is 0.674 bits per heavy atom. The largest absolute Gasteiger partial charge is 2.00 e. The van der Waals surface area contributed by atoms with Crippen molar-refractivity contribution in [2.45, 2.75) is 67.0 Å². The second kappa shape index (κ2) is 16.9. The first-order chi connectivity index (χ1) is 19.2. The van der Waals surface area contributed by atoms with Crippen molar-refractivity contribution < 1.29 is 46.8 Å². The van der Waals surface area contributed by atoms with Gasteiger partial charge in [0, 0.05) is 35.5 Å². The molecule has 0 aliphatic carbocycles. The fraction of sp³-hybridized carbons (Fsp3) is 0.312. The first-order valence-electron chi connectivity index (χ1n) is 13.4. The summed E-state index contributed by atoms with van der Waals surface area (Å²) >= 11 is 0. The molecule has 8 nitrogen and oxygen atoms in total. The Balaban J connectivity index is 0.00000174. The summed E-state index contributed by atoms with van der Waals surface area (Å²) < 4.78 is 0. The van der Waals surface area contributed by atoms with Crippen molar-refractivity contribution in [3.63, 3.8) is 0 Å². The number of aryl methyl sites for hydroxylation is 2. The molecule has 3 rings (SSSR count). The van der Waals surface area contributed by atoms with Gasteiger partial charge in [0.25, 0.3) is 0 Å². The molecule has 2 N–H and O–H groups in total. The van der Waals surface area contributed by atoms with Crippen molar-refractivity contribution in [2.75, 3.05) is 0 Å². The van der Waals surface area contributed by atoms with Gasteiger partial charge in [-0.1, -0.05) is 80.0 Å². The van der Waals surface area contributed by atoms with E-state index in [9.17, 15) is 10.2 Å². The van der Waals surface area contributed by atoms with Crippen molar-refractivity contribution in [2.24, 2.45) is 9.98 Å². The Kier molecular flexibility index (Phi) is 15.6. The van der Waals surface area contributed by atoms with Gasteiger partial charge in [0.1, 0.15) is 11.5 Å². The zero-order chi connectivity index (χ0) is 32.4. The van der Waals surface area contributed by atoms with E-state index in [4.69, 9.17) is 19.8 Å². The molecule has 11 heteroatoms. The van der Waals surface area contributed by atoms with E-state index in [2.05, 4.69) is 73.5 Å². The number of phenolic OH excluding ortho intramolecular Hbond substituents is 2.